The molecule has 3 aromatic rings. The molecule has 2 aliphatic heterocycles. The molecule has 36 heavy (non-hydrogen) atoms. The smallest absolute Gasteiger partial charge is 0.275 e. The average molecular weight is 486 g/mol. The molecule has 0 radical (unpaired) electrons. The van der Waals surface area contributed by atoms with Crippen molar-refractivity contribution in [3.63, 3.8) is 0 Å². The lowest BCUT2D eigenvalue weighted by Crippen LogP contribution is -2.44. The van der Waals surface area contributed by atoms with Crippen LogP contribution < -0.4 is 10.6 Å². The maximum absolute atomic E-state index is 13.4. The van der Waals surface area contributed by atoms with Crippen LogP contribution in [0, 0.1) is 11.3 Å². The van der Waals surface area contributed by atoms with Crippen molar-refractivity contribution >= 4 is 28.6 Å². The van der Waals surface area contributed by atoms with Gasteiger partial charge in [-0.1, -0.05) is 36.4 Å². The first-order valence-electron chi connectivity index (χ1n) is 12.9. The van der Waals surface area contributed by atoms with E-state index in [1.807, 2.05) is 41.3 Å². The number of carbonyl (C=O) groups excluding carboxylic acids is 3. The average Bonchev–Trinajstić information content (AvgIpc) is 3.64. The Morgan fingerprint density at radius 1 is 1.03 bits per heavy atom. The van der Waals surface area contributed by atoms with Crippen LogP contribution in [0.1, 0.15) is 49.0 Å². The summed E-state index contributed by atoms with van der Waals surface area (Å²) in [5.41, 5.74) is 3.69. The normalized spacial score (nSPS) is 25.9. The predicted octanol–water partition coefficient (Wildman–Crippen LogP) is 3.26. The summed E-state index contributed by atoms with van der Waals surface area (Å²) < 4.78 is 0. The van der Waals surface area contributed by atoms with E-state index >= 15 is 0 Å². The van der Waals surface area contributed by atoms with E-state index in [4.69, 9.17) is 0 Å². The van der Waals surface area contributed by atoms with Crippen LogP contribution >= 0.6 is 0 Å². The third-order valence-corrected chi connectivity index (χ3v) is 8.34. The number of aromatic amines is 1. The number of nitrogens with one attached hydrogen (secondary N) is 3. The van der Waals surface area contributed by atoms with Gasteiger partial charge in [-0.05, 0) is 60.8 Å². The Balaban J connectivity index is 1.08. The Kier molecular flexibility index (Phi) is 5.74. The molecular weight excluding hydrogens is 454 g/mol. The number of hydrogen-bond acceptors (Lipinski definition) is 4. The topological polar surface area (TPSA) is 107 Å². The minimum absolute atomic E-state index is 0.0144. The van der Waals surface area contributed by atoms with Gasteiger partial charge in [0.1, 0.15) is 0 Å². The number of amides is 3. The van der Waals surface area contributed by atoms with E-state index in [0.29, 0.717) is 12.2 Å². The predicted molar refractivity (Wildman–Crippen MR) is 136 cm³/mol. The van der Waals surface area contributed by atoms with Crippen LogP contribution in [0.2, 0.25) is 0 Å². The van der Waals surface area contributed by atoms with Crippen LogP contribution in [0.15, 0.2) is 48.5 Å². The molecule has 2 aromatic carbocycles. The fraction of sp³-hybridized carbons (Fsp3) is 0.429. The lowest BCUT2D eigenvalue weighted by molar-refractivity contribution is -0.127. The molecule has 2 saturated heterocycles. The Hall–Kier alpha value is -3.68. The second-order valence-electron chi connectivity index (χ2n) is 10.7. The number of rotatable bonds is 4. The third kappa shape index (κ3) is 4.25. The molecule has 1 saturated carbocycles. The fourth-order valence-corrected chi connectivity index (χ4v) is 6.14. The van der Waals surface area contributed by atoms with Crippen molar-refractivity contribution in [2.45, 2.75) is 44.6 Å². The number of benzene rings is 2. The van der Waals surface area contributed by atoms with Gasteiger partial charge in [0.05, 0.1) is 11.4 Å². The highest BCUT2D eigenvalue weighted by atomic mass is 16.2. The second-order valence-corrected chi connectivity index (χ2v) is 10.7. The first-order valence-corrected chi connectivity index (χ1v) is 12.9. The maximum Gasteiger partial charge on any atom is 0.275 e. The lowest BCUT2D eigenvalue weighted by Gasteiger charge is -2.37. The van der Waals surface area contributed by atoms with Crippen molar-refractivity contribution in [2.24, 2.45) is 11.3 Å². The Morgan fingerprint density at radius 2 is 1.83 bits per heavy atom. The zero-order chi connectivity index (χ0) is 24.7. The largest absolute Gasteiger partial charge is 0.355 e. The van der Waals surface area contributed by atoms with Crippen LogP contribution in [0.25, 0.3) is 22.0 Å². The molecule has 3 amide bonds. The summed E-state index contributed by atoms with van der Waals surface area (Å²) in [4.78, 5) is 39.3. The number of aromatic nitrogens is 2. The molecule has 1 atom stereocenters. The van der Waals surface area contributed by atoms with Crippen LogP contribution in [-0.4, -0.2) is 58.5 Å². The lowest BCUT2D eigenvalue weighted by atomic mass is 9.72. The summed E-state index contributed by atoms with van der Waals surface area (Å²) in [6.07, 6.45) is 5.08. The number of hydrogen-bond donors (Lipinski definition) is 3. The SMILES string of the molecule is O=C1CC(C(=O)NC2CCC3(CC2)CCN(C(=O)c2n[nH]c4cc(-c5ccccc5)ccc24)C3)CN1. The third-order valence-electron chi connectivity index (χ3n) is 8.34. The van der Waals surface area contributed by atoms with Crippen molar-refractivity contribution in [1.82, 2.24) is 25.7 Å². The summed E-state index contributed by atoms with van der Waals surface area (Å²) >= 11 is 0. The summed E-state index contributed by atoms with van der Waals surface area (Å²) in [5, 5.41) is 14.2. The molecule has 186 valence electrons. The highest BCUT2D eigenvalue weighted by molar-refractivity contribution is 6.05. The molecule has 3 fully saturated rings. The van der Waals surface area contributed by atoms with E-state index in [9.17, 15) is 14.4 Å². The first kappa shape index (κ1) is 22.8. The molecule has 3 N–H and O–H groups in total. The minimum Gasteiger partial charge on any atom is -0.355 e. The monoisotopic (exact) mass is 485 g/mol. The molecule has 0 bridgehead atoms. The molecule has 1 unspecified atom stereocenters. The molecular formula is C28H31N5O3. The second kappa shape index (κ2) is 9.08. The van der Waals surface area contributed by atoms with E-state index < -0.39 is 0 Å². The molecule has 8 heteroatoms. The highest BCUT2D eigenvalue weighted by Gasteiger charge is 2.43. The van der Waals surface area contributed by atoms with Gasteiger partial charge >= 0.3 is 0 Å². The van der Waals surface area contributed by atoms with Crippen LogP contribution in [0.3, 0.4) is 0 Å². The van der Waals surface area contributed by atoms with E-state index in [1.54, 1.807) is 0 Å². The molecule has 1 spiro atoms. The van der Waals surface area contributed by atoms with E-state index in [-0.39, 0.29) is 41.5 Å². The number of carbonyl (C=O) groups is 3. The van der Waals surface area contributed by atoms with Gasteiger partial charge in [-0.25, -0.2) is 0 Å². The van der Waals surface area contributed by atoms with Gasteiger partial charge in [0, 0.05) is 37.5 Å². The highest BCUT2D eigenvalue weighted by Crippen LogP contribution is 2.44. The standard InChI is InChI=1S/C28H31N5O3/c34-24-15-20(16-29-24)26(35)30-21-8-10-28(11-9-21)12-13-33(17-28)27(36)25-22-7-6-19(14-23(22)31-32-25)18-4-2-1-3-5-18/h1-7,14,20-21H,8-13,15-17H2,(H,29,34)(H,30,35)(H,31,32). The van der Waals surface area contributed by atoms with Gasteiger partial charge in [0.25, 0.3) is 5.91 Å². The van der Waals surface area contributed by atoms with E-state index in [2.05, 4.69) is 33.0 Å². The van der Waals surface area contributed by atoms with Gasteiger partial charge in [-0.3, -0.25) is 19.5 Å². The van der Waals surface area contributed by atoms with Gasteiger partial charge in [0.2, 0.25) is 11.8 Å². The zero-order valence-electron chi connectivity index (χ0n) is 20.3. The van der Waals surface area contributed by atoms with Gasteiger partial charge in [0.15, 0.2) is 5.69 Å². The molecule has 8 nitrogen and oxygen atoms in total. The van der Waals surface area contributed by atoms with Crippen molar-refractivity contribution < 1.29 is 14.4 Å². The van der Waals surface area contributed by atoms with Crippen molar-refractivity contribution in [2.75, 3.05) is 19.6 Å². The number of H-pyrrole nitrogens is 1. The first-order chi connectivity index (χ1) is 17.5. The molecule has 6 rings (SSSR count). The number of likely N-dealkylation sites (tertiary alicyclic amines) is 1. The molecule has 3 aliphatic rings. The van der Waals surface area contributed by atoms with Gasteiger partial charge in [-0.2, -0.15) is 5.10 Å². The summed E-state index contributed by atoms with van der Waals surface area (Å²) in [5.74, 6) is -0.326. The van der Waals surface area contributed by atoms with Crippen molar-refractivity contribution in [3.05, 3.63) is 54.2 Å². The maximum atomic E-state index is 13.4. The fourth-order valence-electron chi connectivity index (χ4n) is 6.14. The summed E-state index contributed by atoms with van der Waals surface area (Å²) in [6, 6.07) is 16.4. The molecule has 1 aliphatic carbocycles. The van der Waals surface area contributed by atoms with Crippen LogP contribution in [-0.2, 0) is 9.59 Å². The van der Waals surface area contributed by atoms with Crippen LogP contribution in [0.5, 0.6) is 0 Å². The van der Waals surface area contributed by atoms with Crippen molar-refractivity contribution in [3.8, 4) is 11.1 Å². The number of fused-ring (bicyclic) bond motifs is 1. The van der Waals surface area contributed by atoms with Crippen LogP contribution in [0.4, 0.5) is 0 Å². The summed E-state index contributed by atoms with van der Waals surface area (Å²) in [7, 11) is 0. The zero-order valence-corrected chi connectivity index (χ0v) is 20.3. The summed E-state index contributed by atoms with van der Waals surface area (Å²) in [6.45, 7) is 1.92. The Bertz CT molecular complexity index is 1310. The van der Waals surface area contributed by atoms with Gasteiger partial charge < -0.3 is 15.5 Å². The van der Waals surface area contributed by atoms with E-state index in [0.717, 1.165) is 67.2 Å². The minimum atomic E-state index is -0.250. The van der Waals surface area contributed by atoms with Crippen molar-refractivity contribution in [1.29, 1.82) is 0 Å². The Labute approximate surface area is 209 Å². The quantitative estimate of drug-likeness (QED) is 0.527. The van der Waals surface area contributed by atoms with E-state index in [1.165, 1.54) is 0 Å². The Morgan fingerprint density at radius 3 is 2.58 bits per heavy atom. The molecule has 3 heterocycles. The van der Waals surface area contributed by atoms with Gasteiger partial charge in [-0.15, -0.1) is 0 Å². The molecule has 1 aromatic heterocycles. The number of nitrogens with zero attached hydrogens (tertiary/aromatic N) is 2.